The highest BCUT2D eigenvalue weighted by molar-refractivity contribution is 6.30. The second-order valence-corrected chi connectivity index (χ2v) is 5.19. The van der Waals surface area contributed by atoms with Gasteiger partial charge in [0.2, 0.25) is 0 Å². The molecule has 2 rings (SSSR count). The molecule has 1 unspecified atom stereocenters. The number of benzene rings is 1. The molecule has 0 radical (unpaired) electrons. The number of nitrogens with zero attached hydrogens (tertiary/aromatic N) is 3. The zero-order valence-corrected chi connectivity index (χ0v) is 11.7. The lowest BCUT2D eigenvalue weighted by Crippen LogP contribution is -2.17. The summed E-state index contributed by atoms with van der Waals surface area (Å²) < 4.78 is 1.66. The van der Waals surface area contributed by atoms with Crippen molar-refractivity contribution >= 4 is 17.3 Å². The summed E-state index contributed by atoms with van der Waals surface area (Å²) in [5.74, 6) is 0. The minimum absolute atomic E-state index is 0.00161. The van der Waals surface area contributed by atoms with Crippen LogP contribution in [-0.2, 0) is 13.0 Å². The van der Waals surface area contributed by atoms with Gasteiger partial charge in [0.05, 0.1) is 23.2 Å². The fourth-order valence-corrected chi connectivity index (χ4v) is 2.15. The Morgan fingerprint density at radius 1 is 1.55 bits per heavy atom. The SMILES string of the molecule is CC(N)Cc1cnn(Cc2ccc(Cl)cc2[N+](=O)[O-])c1. The first-order chi connectivity index (χ1) is 9.45. The summed E-state index contributed by atoms with van der Waals surface area (Å²) in [4.78, 5) is 10.6. The van der Waals surface area contributed by atoms with Crippen molar-refractivity contribution in [3.63, 3.8) is 0 Å². The molecule has 106 valence electrons. The normalized spacial score (nSPS) is 12.3. The molecule has 0 fully saturated rings. The largest absolute Gasteiger partial charge is 0.328 e. The van der Waals surface area contributed by atoms with Crippen LogP contribution in [-0.4, -0.2) is 20.7 Å². The van der Waals surface area contributed by atoms with Gasteiger partial charge in [-0.05, 0) is 31.0 Å². The summed E-state index contributed by atoms with van der Waals surface area (Å²) in [6.45, 7) is 2.24. The number of hydrogen-bond donors (Lipinski definition) is 1. The van der Waals surface area contributed by atoms with Gasteiger partial charge in [0.25, 0.3) is 5.69 Å². The number of aromatic nitrogens is 2. The van der Waals surface area contributed by atoms with Crippen LogP contribution in [0.5, 0.6) is 0 Å². The van der Waals surface area contributed by atoms with Crippen LogP contribution in [0.3, 0.4) is 0 Å². The minimum atomic E-state index is -0.437. The Morgan fingerprint density at radius 2 is 2.30 bits per heavy atom. The Labute approximate surface area is 121 Å². The third-order valence-electron chi connectivity index (χ3n) is 2.82. The Balaban J connectivity index is 2.21. The molecule has 0 spiro atoms. The predicted octanol–water partition coefficient (Wildman–Crippen LogP) is 2.38. The molecule has 7 heteroatoms. The topological polar surface area (TPSA) is 87.0 Å². The Hall–Kier alpha value is -1.92. The van der Waals surface area contributed by atoms with Crippen LogP contribution in [0.4, 0.5) is 5.69 Å². The van der Waals surface area contributed by atoms with E-state index < -0.39 is 4.92 Å². The molecule has 1 heterocycles. The lowest BCUT2D eigenvalue weighted by molar-refractivity contribution is -0.385. The zero-order chi connectivity index (χ0) is 14.7. The minimum Gasteiger partial charge on any atom is -0.328 e. The fourth-order valence-electron chi connectivity index (χ4n) is 1.99. The molecule has 0 aliphatic rings. The van der Waals surface area contributed by atoms with Gasteiger partial charge in [-0.15, -0.1) is 0 Å². The molecule has 2 N–H and O–H groups in total. The average Bonchev–Trinajstić information content (AvgIpc) is 2.77. The molecular formula is C13H15ClN4O2. The average molecular weight is 295 g/mol. The van der Waals surface area contributed by atoms with Crippen LogP contribution in [0.25, 0.3) is 0 Å². The number of nitrogens with two attached hydrogens (primary N) is 1. The van der Waals surface area contributed by atoms with Crippen LogP contribution in [0.2, 0.25) is 5.02 Å². The van der Waals surface area contributed by atoms with Gasteiger partial charge < -0.3 is 5.73 Å². The van der Waals surface area contributed by atoms with E-state index in [1.807, 2.05) is 13.1 Å². The van der Waals surface area contributed by atoms with E-state index in [4.69, 9.17) is 17.3 Å². The molecule has 20 heavy (non-hydrogen) atoms. The van der Waals surface area contributed by atoms with Crippen molar-refractivity contribution in [2.75, 3.05) is 0 Å². The van der Waals surface area contributed by atoms with Gasteiger partial charge in [0, 0.05) is 23.3 Å². The van der Waals surface area contributed by atoms with E-state index in [2.05, 4.69) is 5.10 Å². The fraction of sp³-hybridized carbons (Fsp3) is 0.308. The molecule has 6 nitrogen and oxygen atoms in total. The van der Waals surface area contributed by atoms with Crippen molar-refractivity contribution in [2.45, 2.75) is 25.9 Å². The van der Waals surface area contributed by atoms with Crippen molar-refractivity contribution in [2.24, 2.45) is 5.73 Å². The summed E-state index contributed by atoms with van der Waals surface area (Å²) in [5.41, 5.74) is 7.30. The summed E-state index contributed by atoms with van der Waals surface area (Å²) in [5, 5.41) is 15.6. The van der Waals surface area contributed by atoms with Crippen LogP contribution in [0.15, 0.2) is 30.6 Å². The van der Waals surface area contributed by atoms with E-state index in [1.54, 1.807) is 23.0 Å². The lowest BCUT2D eigenvalue weighted by atomic mass is 10.1. The highest BCUT2D eigenvalue weighted by atomic mass is 35.5. The molecule has 1 atom stereocenters. The molecule has 0 saturated carbocycles. The van der Waals surface area contributed by atoms with Crippen molar-refractivity contribution < 1.29 is 4.92 Å². The maximum Gasteiger partial charge on any atom is 0.275 e. The highest BCUT2D eigenvalue weighted by Gasteiger charge is 2.15. The molecule has 0 amide bonds. The smallest absolute Gasteiger partial charge is 0.275 e. The van der Waals surface area contributed by atoms with Crippen molar-refractivity contribution in [1.29, 1.82) is 0 Å². The van der Waals surface area contributed by atoms with Crippen LogP contribution < -0.4 is 5.73 Å². The van der Waals surface area contributed by atoms with Gasteiger partial charge in [0.15, 0.2) is 0 Å². The number of nitro groups is 1. The molecular weight excluding hydrogens is 280 g/mol. The Morgan fingerprint density at radius 3 is 2.95 bits per heavy atom. The predicted molar refractivity (Wildman–Crippen MR) is 76.8 cm³/mol. The zero-order valence-electron chi connectivity index (χ0n) is 11.0. The Bertz CT molecular complexity index is 625. The van der Waals surface area contributed by atoms with Gasteiger partial charge >= 0.3 is 0 Å². The summed E-state index contributed by atoms with van der Waals surface area (Å²) in [7, 11) is 0. The van der Waals surface area contributed by atoms with E-state index >= 15 is 0 Å². The number of nitro benzene ring substituents is 1. The Kier molecular flexibility index (Phi) is 4.36. The first kappa shape index (κ1) is 14.5. The van der Waals surface area contributed by atoms with Crippen molar-refractivity contribution in [3.05, 3.63) is 56.9 Å². The summed E-state index contributed by atoms with van der Waals surface area (Å²) >= 11 is 5.78. The first-order valence-corrected chi connectivity index (χ1v) is 6.53. The standard InChI is InChI=1S/C13H15ClN4O2/c1-9(15)4-10-6-16-17(7-10)8-11-2-3-12(14)5-13(11)18(19)20/h2-3,5-7,9H,4,8,15H2,1H3. The van der Waals surface area contributed by atoms with Gasteiger partial charge in [-0.2, -0.15) is 5.10 Å². The van der Waals surface area contributed by atoms with E-state index in [-0.39, 0.29) is 11.7 Å². The third kappa shape index (κ3) is 3.55. The van der Waals surface area contributed by atoms with Crippen molar-refractivity contribution in [3.8, 4) is 0 Å². The molecule has 0 bridgehead atoms. The van der Waals surface area contributed by atoms with E-state index in [9.17, 15) is 10.1 Å². The van der Waals surface area contributed by atoms with Crippen LogP contribution in [0.1, 0.15) is 18.1 Å². The maximum atomic E-state index is 11.0. The number of rotatable bonds is 5. The first-order valence-electron chi connectivity index (χ1n) is 6.15. The summed E-state index contributed by atoms with van der Waals surface area (Å²) in [6.07, 6.45) is 4.30. The van der Waals surface area contributed by atoms with Crippen LogP contribution >= 0.6 is 11.6 Å². The number of halogens is 1. The van der Waals surface area contributed by atoms with E-state index in [0.29, 0.717) is 17.1 Å². The molecule has 1 aromatic heterocycles. The molecule has 1 aromatic carbocycles. The monoisotopic (exact) mass is 294 g/mol. The van der Waals surface area contributed by atoms with Gasteiger partial charge in [-0.25, -0.2) is 0 Å². The number of hydrogen-bond acceptors (Lipinski definition) is 4. The lowest BCUT2D eigenvalue weighted by Gasteiger charge is -2.04. The third-order valence-corrected chi connectivity index (χ3v) is 3.06. The molecule has 2 aromatic rings. The van der Waals surface area contributed by atoms with Crippen LogP contribution in [0, 0.1) is 10.1 Å². The van der Waals surface area contributed by atoms with E-state index in [0.717, 1.165) is 12.0 Å². The second-order valence-electron chi connectivity index (χ2n) is 4.76. The van der Waals surface area contributed by atoms with E-state index in [1.165, 1.54) is 6.07 Å². The molecule has 0 aliphatic carbocycles. The summed E-state index contributed by atoms with van der Waals surface area (Å²) in [6, 6.07) is 4.69. The quantitative estimate of drug-likeness (QED) is 0.677. The van der Waals surface area contributed by atoms with Gasteiger partial charge in [-0.3, -0.25) is 14.8 Å². The molecule has 0 aliphatic heterocycles. The maximum absolute atomic E-state index is 11.0. The van der Waals surface area contributed by atoms with Crippen molar-refractivity contribution in [1.82, 2.24) is 9.78 Å². The highest BCUT2D eigenvalue weighted by Crippen LogP contribution is 2.23. The molecule has 0 saturated heterocycles. The second kappa shape index (κ2) is 6.02. The van der Waals surface area contributed by atoms with Gasteiger partial charge in [-0.1, -0.05) is 11.6 Å². The van der Waals surface area contributed by atoms with Gasteiger partial charge in [0.1, 0.15) is 0 Å².